The van der Waals surface area contributed by atoms with Gasteiger partial charge in [-0.15, -0.1) is 0 Å². The first-order valence-electron chi connectivity index (χ1n) is 17.0. The minimum atomic E-state index is -0.971. The quantitative estimate of drug-likeness (QED) is 0.285. The number of allylic oxidation sites excluding steroid dienone is 1. The monoisotopic (exact) mass is 586 g/mol. The van der Waals surface area contributed by atoms with Crippen molar-refractivity contribution in [3.8, 4) is 0 Å². The van der Waals surface area contributed by atoms with Crippen molar-refractivity contribution in [3.63, 3.8) is 0 Å². The normalized spacial score (nSPS) is 40.4. The zero-order chi connectivity index (χ0) is 30.9. The minimum Gasteiger partial charge on any atom is -0.480 e. The zero-order valence-electron chi connectivity index (χ0n) is 27.4. The molecular weight excluding hydrogens is 532 g/mol. The standard InChI is InChI=1S/C38H54N2O3/c1-8-25-15-17-37(7)31(35(25,5)21-28-24(4)40-30-12-10-9-11-27(28)30)14-13-29-33-26(23(2)3)16-18-38(33,20-19-36(29,37)6)34(43)39-22-32(41)42/h9-12,25-26,29,31,33,40H,2,8,13-22H2,1,3-7H3,(H,39,43)(H,41,42)/t25?,26-,29?,31?,33?,35-,36+,37+,38-/m0/s1. The number of amides is 1. The Morgan fingerprint density at radius 1 is 1.02 bits per heavy atom. The Bertz CT molecular complexity index is 1440. The van der Waals surface area contributed by atoms with E-state index >= 15 is 0 Å². The molecule has 4 aliphatic rings. The van der Waals surface area contributed by atoms with Gasteiger partial charge in [-0.05, 0) is 129 Å². The molecule has 5 heteroatoms. The molecule has 5 nitrogen and oxygen atoms in total. The molecule has 0 radical (unpaired) electrons. The summed E-state index contributed by atoms with van der Waals surface area (Å²) in [6, 6.07) is 8.82. The molecule has 0 aliphatic heterocycles. The van der Waals surface area contributed by atoms with E-state index in [-0.39, 0.29) is 34.6 Å². The molecule has 4 unspecified atom stereocenters. The Labute approximate surface area is 258 Å². The van der Waals surface area contributed by atoms with Gasteiger partial charge in [0.15, 0.2) is 0 Å². The van der Waals surface area contributed by atoms with Crippen molar-refractivity contribution in [1.82, 2.24) is 10.3 Å². The molecule has 43 heavy (non-hydrogen) atoms. The SMILES string of the molecule is C=C(C)[C@@H]1CC[C@]2(C(=O)NCC(=O)O)CC[C@]3(C)C(CCC4[C@@](C)(Cc5c(C)[nH]c6ccccc56)C(CC)CC[C@]43C)C12. The van der Waals surface area contributed by atoms with Crippen LogP contribution in [-0.2, 0) is 16.0 Å². The van der Waals surface area contributed by atoms with Gasteiger partial charge in [-0.2, -0.15) is 0 Å². The summed E-state index contributed by atoms with van der Waals surface area (Å²) in [6.45, 7) is 18.8. The highest BCUT2D eigenvalue weighted by molar-refractivity contribution is 5.87. The van der Waals surface area contributed by atoms with E-state index in [4.69, 9.17) is 0 Å². The molecule has 3 N–H and O–H groups in total. The number of carbonyl (C=O) groups is 2. The van der Waals surface area contributed by atoms with Crippen LogP contribution in [-0.4, -0.2) is 28.5 Å². The van der Waals surface area contributed by atoms with Crippen molar-refractivity contribution in [2.45, 2.75) is 106 Å². The minimum absolute atomic E-state index is 0.0210. The molecule has 0 spiro atoms. The predicted octanol–water partition coefficient (Wildman–Crippen LogP) is 8.47. The first-order chi connectivity index (χ1) is 20.3. The van der Waals surface area contributed by atoms with Crippen LogP contribution < -0.4 is 5.32 Å². The maximum atomic E-state index is 13.9. The van der Waals surface area contributed by atoms with Crippen LogP contribution in [0, 0.1) is 58.2 Å². The van der Waals surface area contributed by atoms with Gasteiger partial charge in [-0.25, -0.2) is 0 Å². The van der Waals surface area contributed by atoms with Crippen LogP contribution in [0.3, 0.4) is 0 Å². The smallest absolute Gasteiger partial charge is 0.322 e. The second-order valence-corrected chi connectivity index (χ2v) is 15.9. The van der Waals surface area contributed by atoms with Crippen molar-refractivity contribution in [2.75, 3.05) is 6.54 Å². The number of hydrogen-bond donors (Lipinski definition) is 3. The number of benzene rings is 1. The van der Waals surface area contributed by atoms with Crippen LogP contribution in [0.2, 0.25) is 0 Å². The third-order valence-corrected chi connectivity index (χ3v) is 14.5. The lowest BCUT2D eigenvalue weighted by molar-refractivity contribution is -0.217. The van der Waals surface area contributed by atoms with Gasteiger partial charge in [0.25, 0.3) is 0 Å². The van der Waals surface area contributed by atoms with Crippen LogP contribution in [0.5, 0.6) is 0 Å². The number of aromatic amines is 1. The fraction of sp³-hybridized carbons (Fsp3) is 0.684. The Balaban J connectivity index is 1.40. The molecule has 1 heterocycles. The molecule has 0 bridgehead atoms. The van der Waals surface area contributed by atoms with Crippen LogP contribution in [0.1, 0.15) is 104 Å². The molecule has 1 aromatic carbocycles. The van der Waals surface area contributed by atoms with Crippen molar-refractivity contribution < 1.29 is 14.7 Å². The van der Waals surface area contributed by atoms with Gasteiger partial charge in [-0.1, -0.05) is 64.5 Å². The number of aryl methyl sites for hydroxylation is 1. The second-order valence-electron chi connectivity index (χ2n) is 15.9. The molecule has 1 aromatic heterocycles. The van der Waals surface area contributed by atoms with Crippen LogP contribution in [0.15, 0.2) is 36.4 Å². The number of aromatic nitrogens is 1. The fourth-order valence-corrected chi connectivity index (χ4v) is 12.2. The summed E-state index contributed by atoms with van der Waals surface area (Å²) >= 11 is 0. The average molecular weight is 587 g/mol. The van der Waals surface area contributed by atoms with E-state index in [9.17, 15) is 14.7 Å². The van der Waals surface area contributed by atoms with Crippen LogP contribution in [0.4, 0.5) is 0 Å². The van der Waals surface area contributed by atoms with Gasteiger partial charge in [0.05, 0.1) is 5.41 Å². The molecule has 6 rings (SSSR count). The average Bonchev–Trinajstić information content (AvgIpc) is 3.51. The van der Waals surface area contributed by atoms with E-state index in [0.29, 0.717) is 23.7 Å². The van der Waals surface area contributed by atoms with E-state index in [1.54, 1.807) is 0 Å². The van der Waals surface area contributed by atoms with E-state index in [1.165, 1.54) is 53.4 Å². The van der Waals surface area contributed by atoms with E-state index in [1.807, 2.05) is 0 Å². The number of carboxylic acid groups (broad SMARTS) is 1. The summed E-state index contributed by atoms with van der Waals surface area (Å²) < 4.78 is 0. The van der Waals surface area contributed by atoms with Gasteiger partial charge in [0, 0.05) is 16.6 Å². The number of H-pyrrole nitrogens is 1. The van der Waals surface area contributed by atoms with Gasteiger partial charge in [-0.3, -0.25) is 9.59 Å². The molecule has 0 saturated heterocycles. The molecule has 2 aromatic rings. The van der Waals surface area contributed by atoms with Crippen molar-refractivity contribution in [1.29, 1.82) is 0 Å². The number of fused-ring (bicyclic) bond motifs is 6. The zero-order valence-corrected chi connectivity index (χ0v) is 27.4. The maximum absolute atomic E-state index is 13.9. The highest BCUT2D eigenvalue weighted by Crippen LogP contribution is 2.76. The lowest BCUT2D eigenvalue weighted by atomic mass is 9.34. The summed E-state index contributed by atoms with van der Waals surface area (Å²) in [7, 11) is 0. The fourth-order valence-electron chi connectivity index (χ4n) is 12.2. The van der Waals surface area contributed by atoms with Crippen LogP contribution in [0.25, 0.3) is 10.9 Å². The molecular formula is C38H54N2O3. The van der Waals surface area contributed by atoms with Crippen molar-refractivity contribution >= 4 is 22.8 Å². The summed E-state index contributed by atoms with van der Waals surface area (Å²) in [5.74, 6) is 1.33. The first kappa shape index (κ1) is 30.5. The maximum Gasteiger partial charge on any atom is 0.322 e. The summed E-state index contributed by atoms with van der Waals surface area (Å²) in [6.07, 6.45) is 11.0. The van der Waals surface area contributed by atoms with Gasteiger partial charge < -0.3 is 15.4 Å². The molecule has 234 valence electrons. The Kier molecular flexibility index (Phi) is 7.45. The lowest BCUT2D eigenvalue weighted by Gasteiger charge is -2.70. The van der Waals surface area contributed by atoms with Gasteiger partial charge in [0.1, 0.15) is 6.54 Å². The lowest BCUT2D eigenvalue weighted by Crippen LogP contribution is -2.65. The highest BCUT2D eigenvalue weighted by Gasteiger charge is 2.70. The number of aliphatic carboxylic acids is 1. The molecule has 4 aliphatic carbocycles. The number of carboxylic acids is 1. The molecule has 4 saturated carbocycles. The summed E-state index contributed by atoms with van der Waals surface area (Å²) in [4.78, 5) is 29.0. The largest absolute Gasteiger partial charge is 0.480 e. The third-order valence-electron chi connectivity index (χ3n) is 14.5. The number of rotatable bonds is 7. The number of carbonyl (C=O) groups excluding carboxylic acids is 1. The van der Waals surface area contributed by atoms with Crippen molar-refractivity contribution in [3.05, 3.63) is 47.7 Å². The topological polar surface area (TPSA) is 82.2 Å². The Morgan fingerprint density at radius 3 is 2.47 bits per heavy atom. The summed E-state index contributed by atoms with van der Waals surface area (Å²) in [5.41, 5.74) is 5.30. The van der Waals surface area contributed by atoms with Gasteiger partial charge >= 0.3 is 5.97 Å². The molecule has 1 amide bonds. The first-order valence-corrected chi connectivity index (χ1v) is 17.0. The molecule has 4 fully saturated rings. The Hall–Kier alpha value is -2.56. The number of nitrogens with one attached hydrogen (secondary N) is 2. The predicted molar refractivity (Wildman–Crippen MR) is 174 cm³/mol. The van der Waals surface area contributed by atoms with E-state index in [2.05, 4.69) is 82.7 Å². The van der Waals surface area contributed by atoms with E-state index < -0.39 is 11.4 Å². The number of hydrogen-bond acceptors (Lipinski definition) is 2. The third kappa shape index (κ3) is 4.30. The Morgan fingerprint density at radius 2 is 1.77 bits per heavy atom. The van der Waals surface area contributed by atoms with Gasteiger partial charge in [0.2, 0.25) is 5.91 Å². The highest BCUT2D eigenvalue weighted by atomic mass is 16.4. The second kappa shape index (κ2) is 10.5. The number of para-hydroxylation sites is 1. The van der Waals surface area contributed by atoms with E-state index in [0.717, 1.165) is 38.5 Å². The molecule has 9 atom stereocenters. The van der Waals surface area contributed by atoms with Crippen LogP contribution >= 0.6 is 0 Å². The summed E-state index contributed by atoms with van der Waals surface area (Å²) in [5, 5.41) is 13.6. The van der Waals surface area contributed by atoms with Crippen molar-refractivity contribution in [2.24, 2.45) is 51.2 Å².